The lowest BCUT2D eigenvalue weighted by molar-refractivity contribution is 0.0526. The van der Waals surface area contributed by atoms with E-state index in [2.05, 4.69) is 0 Å². The van der Waals surface area contributed by atoms with E-state index >= 15 is 0 Å². The van der Waals surface area contributed by atoms with Crippen molar-refractivity contribution in [1.82, 2.24) is 0 Å². The van der Waals surface area contributed by atoms with E-state index in [0.717, 1.165) is 0 Å². The molecular formula is C9H9ClO2. The molecule has 3 heteroatoms. The van der Waals surface area contributed by atoms with Crippen LogP contribution >= 0.6 is 11.6 Å². The molecule has 0 aromatic heterocycles. The van der Waals surface area contributed by atoms with E-state index in [1.807, 2.05) is 0 Å². The van der Waals surface area contributed by atoms with Gasteiger partial charge >= 0.3 is 5.97 Å². The van der Waals surface area contributed by atoms with Gasteiger partial charge in [-0.25, -0.2) is 4.79 Å². The van der Waals surface area contributed by atoms with Crippen LogP contribution in [0.25, 0.3) is 0 Å². The summed E-state index contributed by atoms with van der Waals surface area (Å²) in [4.78, 5) is 11.3. The van der Waals surface area contributed by atoms with Gasteiger partial charge in [-0.15, -0.1) is 0 Å². The second kappa shape index (κ2) is 4.12. The van der Waals surface area contributed by atoms with Crippen LogP contribution in [-0.2, 0) is 4.74 Å². The second-order valence-corrected chi connectivity index (χ2v) is 2.49. The summed E-state index contributed by atoms with van der Waals surface area (Å²) >= 11 is 5.61. The maximum absolute atomic E-state index is 11.3. The van der Waals surface area contributed by atoms with Crippen LogP contribution in [0.15, 0.2) is 24.2 Å². The average molecular weight is 187 g/mol. The molecule has 0 heterocycles. The molecule has 0 radical (unpaired) electrons. The first kappa shape index (κ1) is 6.49. The van der Waals surface area contributed by atoms with E-state index in [1.165, 1.54) is 12.1 Å². The van der Waals surface area contributed by atoms with Gasteiger partial charge in [-0.05, 0) is 31.1 Å². The molecule has 0 amide bonds. The van der Waals surface area contributed by atoms with Gasteiger partial charge in [0.1, 0.15) is 0 Å². The van der Waals surface area contributed by atoms with Gasteiger partial charge in [0.2, 0.25) is 0 Å². The van der Waals surface area contributed by atoms with E-state index in [-0.39, 0.29) is 29.3 Å². The zero-order valence-corrected chi connectivity index (χ0v) is 7.31. The highest BCUT2D eigenvalue weighted by atomic mass is 35.5. The van der Waals surface area contributed by atoms with Crippen LogP contribution in [-0.4, -0.2) is 12.6 Å². The fraction of sp³-hybridized carbons (Fsp3) is 0.222. The van der Waals surface area contributed by atoms with Crippen molar-refractivity contribution < 1.29 is 12.3 Å². The highest BCUT2D eigenvalue weighted by Gasteiger charge is 2.04. The maximum Gasteiger partial charge on any atom is 0.338 e. The number of carbonyl (C=O) groups is 1. The van der Waals surface area contributed by atoms with Crippen LogP contribution in [0, 0.1) is 0 Å². The van der Waals surface area contributed by atoms with Crippen LogP contribution < -0.4 is 0 Å². The Hall–Kier alpha value is -1.02. The molecule has 1 aromatic carbocycles. The summed E-state index contributed by atoms with van der Waals surface area (Å²) in [7, 11) is 0. The maximum atomic E-state index is 11.3. The van der Waals surface area contributed by atoms with Crippen molar-refractivity contribution in [2.75, 3.05) is 6.61 Å². The van der Waals surface area contributed by atoms with Crippen molar-refractivity contribution in [3.63, 3.8) is 0 Å². The van der Waals surface area contributed by atoms with E-state index in [0.29, 0.717) is 0 Å². The Kier molecular flexibility index (Phi) is 2.23. The third-order valence-corrected chi connectivity index (χ3v) is 1.41. The predicted molar refractivity (Wildman–Crippen MR) is 47.4 cm³/mol. The normalized spacial score (nSPS) is 11.8. The summed E-state index contributed by atoms with van der Waals surface area (Å²) in [5.74, 6) is -0.654. The number of rotatable bonds is 2. The van der Waals surface area contributed by atoms with Crippen molar-refractivity contribution in [2.45, 2.75) is 6.92 Å². The molecule has 0 N–H and O–H groups in total. The Bertz CT molecular complexity index is 343. The highest BCUT2D eigenvalue weighted by molar-refractivity contribution is 6.30. The fourth-order valence-electron chi connectivity index (χ4n) is 0.687. The number of esters is 1. The van der Waals surface area contributed by atoms with Crippen LogP contribution in [0.5, 0.6) is 0 Å². The summed E-state index contributed by atoms with van der Waals surface area (Å²) in [6, 6.07) is 2.46. The monoisotopic (exact) mass is 186 g/mol. The molecule has 0 aliphatic carbocycles. The lowest BCUT2D eigenvalue weighted by Gasteiger charge is -2.00. The molecule has 0 bridgehead atoms. The molecule has 0 saturated carbocycles. The molecule has 0 aliphatic heterocycles. The number of halogens is 1. The van der Waals surface area contributed by atoms with Crippen molar-refractivity contribution in [1.29, 1.82) is 0 Å². The standard InChI is InChI=1S/C9H9ClO2/c1-2-12-9(11)7-3-5-8(10)6-4-7/h3-6H,2H2,1H3/i3D,4D. The molecule has 64 valence electrons. The summed E-state index contributed by atoms with van der Waals surface area (Å²) in [5, 5.41) is 0.271. The Morgan fingerprint density at radius 2 is 2.25 bits per heavy atom. The van der Waals surface area contributed by atoms with Crippen molar-refractivity contribution in [2.24, 2.45) is 0 Å². The quantitative estimate of drug-likeness (QED) is 0.664. The van der Waals surface area contributed by atoms with Gasteiger partial charge in [-0.2, -0.15) is 0 Å². The molecular weight excluding hydrogens is 176 g/mol. The topological polar surface area (TPSA) is 26.3 Å². The molecule has 1 aromatic rings. The summed E-state index contributed by atoms with van der Waals surface area (Å²) < 4.78 is 19.6. The minimum atomic E-state index is -0.654. The first-order valence-electron chi connectivity index (χ1n) is 4.50. The lowest BCUT2D eigenvalue weighted by Crippen LogP contribution is -2.03. The number of hydrogen-bond acceptors (Lipinski definition) is 2. The molecule has 0 atom stereocenters. The zero-order chi connectivity index (χ0) is 10.7. The minimum absolute atomic E-state index is 0.0451. The Morgan fingerprint density at radius 1 is 1.67 bits per heavy atom. The van der Waals surface area contributed by atoms with E-state index in [1.54, 1.807) is 6.92 Å². The SMILES string of the molecule is [2H]c1cc(Cl)cc([2H])c1C(=O)OCC. The molecule has 0 saturated heterocycles. The Morgan fingerprint density at radius 3 is 2.75 bits per heavy atom. The molecule has 0 fully saturated rings. The largest absolute Gasteiger partial charge is 0.462 e. The number of ether oxygens (including phenoxy) is 1. The Balaban J connectivity index is 3.14. The number of hydrogen-bond donors (Lipinski definition) is 0. The first-order valence-corrected chi connectivity index (χ1v) is 3.88. The molecule has 0 aliphatic rings. The van der Waals surface area contributed by atoms with Gasteiger partial charge in [0.25, 0.3) is 0 Å². The second-order valence-electron chi connectivity index (χ2n) is 2.06. The van der Waals surface area contributed by atoms with Crippen molar-refractivity contribution in [3.05, 3.63) is 34.8 Å². The van der Waals surface area contributed by atoms with Crippen molar-refractivity contribution in [3.8, 4) is 0 Å². The summed E-state index contributed by atoms with van der Waals surface area (Å²) in [5.41, 5.74) is -0.0451. The van der Waals surface area contributed by atoms with Gasteiger partial charge in [0.05, 0.1) is 14.9 Å². The third kappa shape index (κ3) is 2.24. The Labute approximate surface area is 78.9 Å². The van der Waals surface area contributed by atoms with Crippen LogP contribution in [0.2, 0.25) is 5.02 Å². The van der Waals surface area contributed by atoms with Gasteiger partial charge in [-0.3, -0.25) is 0 Å². The van der Waals surface area contributed by atoms with E-state index < -0.39 is 5.97 Å². The zero-order valence-electron chi connectivity index (χ0n) is 8.56. The fourth-order valence-corrected chi connectivity index (χ4v) is 0.796. The molecule has 12 heavy (non-hydrogen) atoms. The van der Waals surface area contributed by atoms with Gasteiger partial charge in [0, 0.05) is 5.02 Å². The van der Waals surface area contributed by atoms with Crippen LogP contribution in [0.1, 0.15) is 20.0 Å². The van der Waals surface area contributed by atoms with E-state index in [9.17, 15) is 4.79 Å². The lowest BCUT2D eigenvalue weighted by atomic mass is 10.2. The third-order valence-electron chi connectivity index (χ3n) is 1.19. The van der Waals surface area contributed by atoms with Crippen molar-refractivity contribution >= 4 is 17.6 Å². The molecule has 0 spiro atoms. The minimum Gasteiger partial charge on any atom is -0.462 e. The average Bonchev–Trinajstić information content (AvgIpc) is 2.01. The summed E-state index contributed by atoms with van der Waals surface area (Å²) in [6.45, 7) is 1.89. The predicted octanol–water partition coefficient (Wildman–Crippen LogP) is 2.52. The van der Waals surface area contributed by atoms with Gasteiger partial charge in [0.15, 0.2) is 0 Å². The first-order chi connectivity index (χ1) is 6.56. The number of carbonyl (C=O) groups excluding carboxylic acids is 1. The molecule has 2 nitrogen and oxygen atoms in total. The summed E-state index contributed by atoms with van der Waals surface area (Å²) in [6.07, 6.45) is 0. The van der Waals surface area contributed by atoms with Crippen LogP contribution in [0.4, 0.5) is 0 Å². The van der Waals surface area contributed by atoms with Gasteiger partial charge < -0.3 is 4.74 Å². The number of benzene rings is 1. The molecule has 1 rings (SSSR count). The van der Waals surface area contributed by atoms with E-state index in [4.69, 9.17) is 19.1 Å². The van der Waals surface area contributed by atoms with Crippen LogP contribution in [0.3, 0.4) is 0 Å². The highest BCUT2D eigenvalue weighted by Crippen LogP contribution is 2.10. The van der Waals surface area contributed by atoms with Gasteiger partial charge in [-0.1, -0.05) is 11.6 Å². The molecule has 0 unspecified atom stereocenters. The smallest absolute Gasteiger partial charge is 0.338 e.